The zero-order valence-corrected chi connectivity index (χ0v) is 10.6. The Hall–Kier alpha value is -1.36. The monoisotopic (exact) mass is 235 g/mol. The molecule has 0 unspecified atom stereocenters. The van der Waals surface area contributed by atoms with Crippen molar-refractivity contribution in [3.8, 4) is 0 Å². The minimum atomic E-state index is 0.623. The first-order chi connectivity index (χ1) is 8.20. The van der Waals surface area contributed by atoms with Gasteiger partial charge < -0.3 is 10.3 Å². The fourth-order valence-corrected chi connectivity index (χ4v) is 1.83. The van der Waals surface area contributed by atoms with Gasteiger partial charge in [-0.2, -0.15) is 0 Å². The molecule has 1 aromatic heterocycles. The van der Waals surface area contributed by atoms with E-state index in [1.807, 2.05) is 6.20 Å². The molecule has 1 fully saturated rings. The van der Waals surface area contributed by atoms with Crippen LogP contribution in [0.2, 0.25) is 0 Å². The lowest BCUT2D eigenvalue weighted by Crippen LogP contribution is -2.29. The minimum Gasteiger partial charge on any atom is -0.352 e. The number of hydrogen-bond acceptors (Lipinski definition) is 5. The van der Waals surface area contributed by atoms with Crippen LogP contribution in [0.15, 0.2) is 12.4 Å². The summed E-state index contributed by atoms with van der Waals surface area (Å²) >= 11 is 0. The van der Waals surface area contributed by atoms with E-state index in [2.05, 4.69) is 34.1 Å². The highest BCUT2D eigenvalue weighted by molar-refractivity contribution is 5.45. The van der Waals surface area contributed by atoms with Gasteiger partial charge in [0.05, 0.1) is 12.4 Å². The Balaban J connectivity index is 2.08. The molecule has 5 heteroatoms. The lowest BCUT2D eigenvalue weighted by Gasteiger charge is -2.24. The molecule has 1 aromatic rings. The minimum absolute atomic E-state index is 0.623. The Bertz CT molecular complexity index is 362. The first-order valence-corrected chi connectivity index (χ1v) is 6.26. The smallest absolute Gasteiger partial charge is 0.160 e. The summed E-state index contributed by atoms with van der Waals surface area (Å²) in [7, 11) is 0. The van der Waals surface area contributed by atoms with Gasteiger partial charge in [0.2, 0.25) is 0 Å². The number of aromatic nitrogens is 2. The summed E-state index contributed by atoms with van der Waals surface area (Å²) in [5.74, 6) is 7.63. The largest absolute Gasteiger partial charge is 0.352 e. The van der Waals surface area contributed by atoms with Crippen LogP contribution in [0.4, 0.5) is 11.6 Å². The van der Waals surface area contributed by atoms with Gasteiger partial charge in [0.25, 0.3) is 0 Å². The molecule has 0 atom stereocenters. The number of hydrazine groups is 1. The van der Waals surface area contributed by atoms with Gasteiger partial charge in [0.15, 0.2) is 5.82 Å². The Morgan fingerprint density at radius 1 is 1.47 bits per heavy atom. The van der Waals surface area contributed by atoms with Gasteiger partial charge >= 0.3 is 0 Å². The highest BCUT2D eigenvalue weighted by Gasteiger charge is 2.30. The third kappa shape index (κ3) is 3.30. The molecule has 0 aliphatic heterocycles. The molecular formula is C12H21N5. The molecule has 1 aliphatic rings. The van der Waals surface area contributed by atoms with Crippen molar-refractivity contribution >= 4 is 11.6 Å². The van der Waals surface area contributed by atoms with Gasteiger partial charge in [0.1, 0.15) is 5.82 Å². The van der Waals surface area contributed by atoms with Crippen LogP contribution in [-0.4, -0.2) is 22.6 Å². The van der Waals surface area contributed by atoms with Crippen LogP contribution >= 0.6 is 0 Å². The molecule has 1 heterocycles. The molecule has 5 nitrogen and oxygen atoms in total. The summed E-state index contributed by atoms with van der Waals surface area (Å²) in [5.41, 5.74) is 2.55. The maximum Gasteiger partial charge on any atom is 0.160 e. The molecule has 0 spiro atoms. The van der Waals surface area contributed by atoms with E-state index in [1.54, 1.807) is 6.20 Å². The third-order valence-corrected chi connectivity index (χ3v) is 3.00. The Labute approximate surface area is 102 Å². The molecule has 2 rings (SSSR count). The number of nitrogens with two attached hydrogens (primary N) is 1. The standard InChI is InChI=1S/C12H21N5/c1-9(2)5-6-17(10-3-4-10)12-8-14-7-11(15-12)16-13/h7-10H,3-6,13H2,1-2H3,(H,15,16). The highest BCUT2D eigenvalue weighted by atomic mass is 15.3. The second kappa shape index (κ2) is 5.31. The van der Waals surface area contributed by atoms with Gasteiger partial charge in [-0.3, -0.25) is 4.98 Å². The third-order valence-electron chi connectivity index (χ3n) is 3.00. The van der Waals surface area contributed by atoms with Crippen molar-refractivity contribution in [3.63, 3.8) is 0 Å². The van der Waals surface area contributed by atoms with Crippen molar-refractivity contribution in [2.75, 3.05) is 16.9 Å². The maximum atomic E-state index is 5.36. The van der Waals surface area contributed by atoms with Gasteiger partial charge in [-0.1, -0.05) is 13.8 Å². The van der Waals surface area contributed by atoms with E-state index in [9.17, 15) is 0 Å². The number of nitrogens with one attached hydrogen (secondary N) is 1. The normalized spacial score (nSPS) is 15.1. The first kappa shape index (κ1) is 12.1. The molecule has 1 saturated carbocycles. The molecule has 94 valence electrons. The summed E-state index contributed by atoms with van der Waals surface area (Å²) in [5, 5.41) is 0. The molecule has 0 bridgehead atoms. The van der Waals surface area contributed by atoms with Crippen LogP contribution < -0.4 is 16.2 Å². The second-order valence-electron chi connectivity index (χ2n) is 5.01. The molecule has 0 amide bonds. The molecule has 3 N–H and O–H groups in total. The lowest BCUT2D eigenvalue weighted by molar-refractivity contribution is 0.568. The average Bonchev–Trinajstić information content (AvgIpc) is 3.14. The van der Waals surface area contributed by atoms with E-state index in [0.29, 0.717) is 17.8 Å². The van der Waals surface area contributed by atoms with Gasteiger partial charge in [0, 0.05) is 12.6 Å². The molecule has 0 aromatic carbocycles. The van der Waals surface area contributed by atoms with Crippen molar-refractivity contribution in [2.24, 2.45) is 11.8 Å². The Morgan fingerprint density at radius 3 is 2.82 bits per heavy atom. The van der Waals surface area contributed by atoms with E-state index in [4.69, 9.17) is 5.84 Å². The fourth-order valence-electron chi connectivity index (χ4n) is 1.83. The van der Waals surface area contributed by atoms with Gasteiger partial charge in [-0.05, 0) is 25.2 Å². The van der Waals surface area contributed by atoms with Crippen LogP contribution in [0.1, 0.15) is 33.1 Å². The van der Waals surface area contributed by atoms with E-state index in [1.165, 1.54) is 19.3 Å². The van der Waals surface area contributed by atoms with Gasteiger partial charge in [-0.15, -0.1) is 0 Å². The van der Waals surface area contributed by atoms with Crippen molar-refractivity contribution in [3.05, 3.63) is 12.4 Å². The summed E-state index contributed by atoms with van der Waals surface area (Å²) in [6, 6.07) is 0.649. The van der Waals surface area contributed by atoms with Crippen molar-refractivity contribution in [1.82, 2.24) is 9.97 Å². The Kier molecular flexibility index (Phi) is 3.78. The van der Waals surface area contributed by atoms with Crippen molar-refractivity contribution < 1.29 is 0 Å². The fraction of sp³-hybridized carbons (Fsp3) is 0.667. The van der Waals surface area contributed by atoms with Crippen molar-refractivity contribution in [2.45, 2.75) is 39.2 Å². The summed E-state index contributed by atoms with van der Waals surface area (Å²) < 4.78 is 0. The summed E-state index contributed by atoms with van der Waals surface area (Å²) in [6.07, 6.45) is 7.16. The lowest BCUT2D eigenvalue weighted by atomic mass is 10.1. The Morgan fingerprint density at radius 2 is 2.24 bits per heavy atom. The highest BCUT2D eigenvalue weighted by Crippen LogP contribution is 2.31. The van der Waals surface area contributed by atoms with Crippen LogP contribution in [0.25, 0.3) is 0 Å². The van der Waals surface area contributed by atoms with E-state index in [-0.39, 0.29) is 0 Å². The molecular weight excluding hydrogens is 214 g/mol. The molecule has 0 saturated heterocycles. The molecule has 17 heavy (non-hydrogen) atoms. The number of rotatable bonds is 6. The van der Waals surface area contributed by atoms with E-state index >= 15 is 0 Å². The van der Waals surface area contributed by atoms with Crippen LogP contribution in [-0.2, 0) is 0 Å². The summed E-state index contributed by atoms with van der Waals surface area (Å²) in [4.78, 5) is 11.0. The van der Waals surface area contributed by atoms with Gasteiger partial charge in [-0.25, -0.2) is 10.8 Å². The quantitative estimate of drug-likeness (QED) is 0.581. The van der Waals surface area contributed by atoms with E-state index in [0.717, 1.165) is 12.4 Å². The topological polar surface area (TPSA) is 67.1 Å². The zero-order chi connectivity index (χ0) is 12.3. The van der Waals surface area contributed by atoms with Crippen LogP contribution in [0.3, 0.4) is 0 Å². The van der Waals surface area contributed by atoms with E-state index < -0.39 is 0 Å². The van der Waals surface area contributed by atoms with Crippen LogP contribution in [0, 0.1) is 5.92 Å². The number of anilines is 2. The maximum absolute atomic E-state index is 5.36. The number of hydrogen-bond donors (Lipinski definition) is 2. The first-order valence-electron chi connectivity index (χ1n) is 6.26. The van der Waals surface area contributed by atoms with Crippen molar-refractivity contribution in [1.29, 1.82) is 0 Å². The zero-order valence-electron chi connectivity index (χ0n) is 10.6. The number of nitrogen functional groups attached to an aromatic ring is 1. The average molecular weight is 235 g/mol. The van der Waals surface area contributed by atoms with Crippen LogP contribution in [0.5, 0.6) is 0 Å². The second-order valence-corrected chi connectivity index (χ2v) is 5.01. The molecule has 1 aliphatic carbocycles. The summed E-state index contributed by atoms with van der Waals surface area (Å²) in [6.45, 7) is 5.54. The number of nitrogens with zero attached hydrogens (tertiary/aromatic N) is 3. The molecule has 0 radical (unpaired) electrons. The SMILES string of the molecule is CC(C)CCN(c1cncc(NN)n1)C1CC1. The predicted octanol–water partition coefficient (Wildman–Crippen LogP) is 1.78. The predicted molar refractivity (Wildman–Crippen MR) is 69.7 cm³/mol.